The molecule has 0 saturated carbocycles. The van der Waals surface area contributed by atoms with Gasteiger partial charge in [-0.2, -0.15) is 0 Å². The number of carbonyl (C=O) groups is 1. The standard InChI is InChI=1S/C10H7ClFNO3/c11-6-1-5(2-7(12)3-6)8-4-9(10(14)15)16-13-8/h1-3,9H,4H2,(H,14,15). The monoisotopic (exact) mass is 243 g/mol. The van der Waals surface area contributed by atoms with Gasteiger partial charge in [0.05, 0.1) is 5.71 Å². The summed E-state index contributed by atoms with van der Waals surface area (Å²) in [6.07, 6.45) is -0.896. The Kier molecular flexibility index (Phi) is 2.78. The second-order valence-electron chi connectivity index (χ2n) is 3.33. The molecule has 0 amide bonds. The number of hydrogen-bond donors (Lipinski definition) is 1. The minimum Gasteiger partial charge on any atom is -0.478 e. The van der Waals surface area contributed by atoms with Gasteiger partial charge in [0, 0.05) is 17.0 Å². The average Bonchev–Trinajstić information content (AvgIpc) is 2.64. The minimum absolute atomic E-state index is 0.106. The molecule has 84 valence electrons. The number of nitrogens with zero attached hydrogens (tertiary/aromatic N) is 1. The molecule has 0 saturated heterocycles. The zero-order valence-electron chi connectivity index (χ0n) is 7.98. The van der Waals surface area contributed by atoms with Crippen molar-refractivity contribution in [3.8, 4) is 0 Å². The number of rotatable bonds is 2. The van der Waals surface area contributed by atoms with E-state index in [1.165, 1.54) is 12.1 Å². The number of benzene rings is 1. The lowest BCUT2D eigenvalue weighted by Gasteiger charge is -2.01. The zero-order valence-corrected chi connectivity index (χ0v) is 8.74. The molecule has 1 N–H and O–H groups in total. The van der Waals surface area contributed by atoms with Crippen LogP contribution in [0.25, 0.3) is 0 Å². The van der Waals surface area contributed by atoms with Crippen molar-refractivity contribution in [2.24, 2.45) is 5.16 Å². The topological polar surface area (TPSA) is 58.9 Å². The van der Waals surface area contributed by atoms with Gasteiger partial charge < -0.3 is 9.94 Å². The Hall–Kier alpha value is -1.62. The van der Waals surface area contributed by atoms with E-state index in [0.29, 0.717) is 11.3 Å². The normalized spacial score (nSPS) is 19.1. The number of carboxylic acids is 1. The number of halogens is 2. The molecule has 2 rings (SSSR count). The molecule has 1 unspecified atom stereocenters. The lowest BCUT2D eigenvalue weighted by molar-refractivity contribution is -0.148. The van der Waals surface area contributed by atoms with Crippen LogP contribution in [0.2, 0.25) is 5.02 Å². The van der Waals surface area contributed by atoms with Gasteiger partial charge in [-0.15, -0.1) is 0 Å². The van der Waals surface area contributed by atoms with Crippen molar-refractivity contribution in [3.63, 3.8) is 0 Å². The fourth-order valence-corrected chi connectivity index (χ4v) is 1.62. The van der Waals surface area contributed by atoms with E-state index in [-0.39, 0.29) is 11.4 Å². The fourth-order valence-electron chi connectivity index (χ4n) is 1.40. The highest BCUT2D eigenvalue weighted by atomic mass is 35.5. The maximum Gasteiger partial charge on any atom is 0.348 e. The Labute approximate surface area is 95.3 Å². The third-order valence-electron chi connectivity index (χ3n) is 2.14. The van der Waals surface area contributed by atoms with Crippen LogP contribution in [-0.2, 0) is 9.63 Å². The first kappa shape index (κ1) is 10.9. The third-order valence-corrected chi connectivity index (χ3v) is 2.36. The zero-order chi connectivity index (χ0) is 11.7. The summed E-state index contributed by atoms with van der Waals surface area (Å²) < 4.78 is 13.0. The van der Waals surface area contributed by atoms with Crippen LogP contribution in [0.5, 0.6) is 0 Å². The van der Waals surface area contributed by atoms with E-state index >= 15 is 0 Å². The molecule has 0 spiro atoms. The lowest BCUT2D eigenvalue weighted by Crippen LogP contribution is -2.19. The Bertz CT molecular complexity index is 455. The van der Waals surface area contributed by atoms with Crippen molar-refractivity contribution in [1.82, 2.24) is 0 Å². The van der Waals surface area contributed by atoms with Gasteiger partial charge >= 0.3 is 5.97 Å². The van der Waals surface area contributed by atoms with Crippen LogP contribution in [0.15, 0.2) is 23.4 Å². The second kappa shape index (κ2) is 4.09. The summed E-state index contributed by atoms with van der Waals surface area (Å²) in [6, 6.07) is 3.91. The summed E-state index contributed by atoms with van der Waals surface area (Å²) in [5, 5.41) is 12.5. The molecule has 16 heavy (non-hydrogen) atoms. The van der Waals surface area contributed by atoms with Gasteiger partial charge in [0.15, 0.2) is 0 Å². The minimum atomic E-state index is -1.10. The summed E-state index contributed by atoms with van der Waals surface area (Å²) in [6.45, 7) is 0. The third kappa shape index (κ3) is 2.14. The summed E-state index contributed by atoms with van der Waals surface area (Å²) >= 11 is 5.68. The smallest absolute Gasteiger partial charge is 0.348 e. The molecule has 6 heteroatoms. The molecule has 1 aliphatic rings. The maximum absolute atomic E-state index is 13.0. The number of aliphatic carboxylic acids is 1. The fraction of sp³-hybridized carbons (Fsp3) is 0.200. The van der Waals surface area contributed by atoms with Crippen molar-refractivity contribution in [1.29, 1.82) is 0 Å². The van der Waals surface area contributed by atoms with E-state index in [1.54, 1.807) is 0 Å². The van der Waals surface area contributed by atoms with E-state index in [4.69, 9.17) is 16.7 Å². The Balaban J connectivity index is 2.23. The van der Waals surface area contributed by atoms with Crippen LogP contribution in [0.4, 0.5) is 4.39 Å². The van der Waals surface area contributed by atoms with Crippen molar-refractivity contribution in [2.45, 2.75) is 12.5 Å². The highest BCUT2D eigenvalue weighted by molar-refractivity contribution is 6.31. The van der Waals surface area contributed by atoms with Crippen LogP contribution in [0.1, 0.15) is 12.0 Å². The summed E-state index contributed by atoms with van der Waals surface area (Å²) in [5.41, 5.74) is 0.822. The summed E-state index contributed by atoms with van der Waals surface area (Å²) in [7, 11) is 0. The summed E-state index contributed by atoms with van der Waals surface area (Å²) in [5.74, 6) is -1.59. The first-order valence-corrected chi connectivity index (χ1v) is 4.86. The molecular weight excluding hydrogens is 237 g/mol. The molecule has 1 aliphatic heterocycles. The quantitative estimate of drug-likeness (QED) is 0.865. The molecule has 0 radical (unpaired) electrons. The van der Waals surface area contributed by atoms with Gasteiger partial charge in [-0.1, -0.05) is 16.8 Å². The van der Waals surface area contributed by atoms with Crippen LogP contribution >= 0.6 is 11.6 Å². The van der Waals surface area contributed by atoms with E-state index in [9.17, 15) is 9.18 Å². The SMILES string of the molecule is O=C(O)C1CC(c2cc(F)cc(Cl)c2)=NO1. The van der Waals surface area contributed by atoms with Gasteiger partial charge in [0.1, 0.15) is 5.82 Å². The van der Waals surface area contributed by atoms with E-state index < -0.39 is 17.9 Å². The highest BCUT2D eigenvalue weighted by Crippen LogP contribution is 2.20. The van der Waals surface area contributed by atoms with Crippen LogP contribution in [-0.4, -0.2) is 22.9 Å². The molecule has 0 bridgehead atoms. The van der Waals surface area contributed by atoms with Crippen LogP contribution < -0.4 is 0 Å². The first-order valence-electron chi connectivity index (χ1n) is 4.48. The molecular formula is C10H7ClFNO3. The molecule has 4 nitrogen and oxygen atoms in total. The predicted octanol–water partition coefficient (Wildman–Crippen LogP) is 2.06. The van der Waals surface area contributed by atoms with Crippen molar-refractivity contribution in [2.75, 3.05) is 0 Å². The molecule has 1 atom stereocenters. The van der Waals surface area contributed by atoms with Gasteiger partial charge in [-0.25, -0.2) is 9.18 Å². The number of hydrogen-bond acceptors (Lipinski definition) is 3. The van der Waals surface area contributed by atoms with Gasteiger partial charge in [0.2, 0.25) is 6.10 Å². The summed E-state index contributed by atoms with van der Waals surface area (Å²) in [4.78, 5) is 15.3. The Morgan fingerprint density at radius 3 is 2.88 bits per heavy atom. The molecule has 1 heterocycles. The average molecular weight is 244 g/mol. The second-order valence-corrected chi connectivity index (χ2v) is 3.77. The predicted molar refractivity (Wildman–Crippen MR) is 55.1 cm³/mol. The largest absolute Gasteiger partial charge is 0.478 e. The molecule has 1 aromatic carbocycles. The Morgan fingerprint density at radius 1 is 1.56 bits per heavy atom. The van der Waals surface area contributed by atoms with Gasteiger partial charge in [-0.05, 0) is 18.2 Å². The van der Waals surface area contributed by atoms with Crippen molar-refractivity contribution < 1.29 is 19.1 Å². The molecule has 0 aliphatic carbocycles. The molecule has 1 aromatic rings. The molecule has 0 aromatic heterocycles. The molecule has 0 fully saturated rings. The lowest BCUT2D eigenvalue weighted by atomic mass is 10.1. The highest BCUT2D eigenvalue weighted by Gasteiger charge is 2.28. The van der Waals surface area contributed by atoms with E-state index in [0.717, 1.165) is 6.07 Å². The Morgan fingerprint density at radius 2 is 2.31 bits per heavy atom. The van der Waals surface area contributed by atoms with Gasteiger partial charge in [-0.3, -0.25) is 0 Å². The van der Waals surface area contributed by atoms with E-state index in [2.05, 4.69) is 9.99 Å². The van der Waals surface area contributed by atoms with Crippen molar-refractivity contribution >= 4 is 23.3 Å². The van der Waals surface area contributed by atoms with Crippen LogP contribution in [0.3, 0.4) is 0 Å². The van der Waals surface area contributed by atoms with Crippen molar-refractivity contribution in [3.05, 3.63) is 34.6 Å². The first-order chi connectivity index (χ1) is 7.56. The number of oxime groups is 1. The number of carboxylic acid groups (broad SMARTS) is 1. The van der Waals surface area contributed by atoms with E-state index in [1.807, 2.05) is 0 Å². The maximum atomic E-state index is 13.0. The van der Waals surface area contributed by atoms with Gasteiger partial charge in [0.25, 0.3) is 0 Å². The van der Waals surface area contributed by atoms with Crippen LogP contribution in [0, 0.1) is 5.82 Å².